The third kappa shape index (κ3) is 3.56. The summed E-state index contributed by atoms with van der Waals surface area (Å²) in [5.74, 6) is 2.15. The van der Waals surface area contributed by atoms with E-state index in [9.17, 15) is 4.79 Å². The van der Waals surface area contributed by atoms with E-state index >= 15 is 0 Å². The average Bonchev–Trinajstić information content (AvgIpc) is 2.90. The number of hydrogen-bond acceptors (Lipinski definition) is 4. The van der Waals surface area contributed by atoms with Crippen molar-refractivity contribution in [2.45, 2.75) is 25.0 Å². The lowest BCUT2D eigenvalue weighted by molar-refractivity contribution is -0.118. The molecule has 0 fully saturated rings. The maximum absolute atomic E-state index is 11.4. The molecular weight excluding hydrogens is 262 g/mol. The van der Waals surface area contributed by atoms with Crippen LogP contribution in [0.4, 0.5) is 0 Å². The van der Waals surface area contributed by atoms with Crippen LogP contribution in [0, 0.1) is 0 Å². The number of thioether (sulfide) groups is 1. The molecule has 1 atom stereocenters. The first-order chi connectivity index (χ1) is 9.24. The standard InChI is InChI=1S/C14H19NO3S/c1-3-4-13(19-8-14(16)15-2)10-5-6-11-12(7-10)18-9-17-11/h5-7,13H,3-4,8-9H2,1-2H3,(H,15,16). The monoisotopic (exact) mass is 281 g/mol. The number of fused-ring (bicyclic) bond motifs is 1. The van der Waals surface area contributed by atoms with E-state index in [4.69, 9.17) is 9.47 Å². The molecule has 1 unspecified atom stereocenters. The van der Waals surface area contributed by atoms with Crippen molar-refractivity contribution in [1.82, 2.24) is 5.32 Å². The maximum atomic E-state index is 11.4. The first-order valence-corrected chi connectivity index (χ1v) is 7.51. The molecule has 1 N–H and O–H groups in total. The predicted molar refractivity (Wildman–Crippen MR) is 76.7 cm³/mol. The molecule has 0 aliphatic carbocycles. The third-order valence-electron chi connectivity index (χ3n) is 3.01. The summed E-state index contributed by atoms with van der Waals surface area (Å²) >= 11 is 1.67. The zero-order valence-electron chi connectivity index (χ0n) is 11.3. The quantitative estimate of drug-likeness (QED) is 0.871. The van der Waals surface area contributed by atoms with Crippen molar-refractivity contribution in [3.05, 3.63) is 23.8 Å². The van der Waals surface area contributed by atoms with Crippen LogP contribution in [0.1, 0.15) is 30.6 Å². The van der Waals surface area contributed by atoms with Crippen molar-refractivity contribution in [3.63, 3.8) is 0 Å². The van der Waals surface area contributed by atoms with E-state index < -0.39 is 0 Å². The molecule has 2 rings (SSSR count). The first-order valence-electron chi connectivity index (χ1n) is 6.46. The van der Waals surface area contributed by atoms with Crippen molar-refractivity contribution in [3.8, 4) is 11.5 Å². The van der Waals surface area contributed by atoms with Gasteiger partial charge in [-0.2, -0.15) is 0 Å². The van der Waals surface area contributed by atoms with Gasteiger partial charge in [0.15, 0.2) is 11.5 Å². The Balaban J connectivity index is 2.07. The highest BCUT2D eigenvalue weighted by Crippen LogP contribution is 2.39. The zero-order chi connectivity index (χ0) is 13.7. The molecule has 104 valence electrons. The van der Waals surface area contributed by atoms with Gasteiger partial charge in [0.1, 0.15) is 0 Å². The second-order valence-electron chi connectivity index (χ2n) is 4.37. The van der Waals surface area contributed by atoms with Gasteiger partial charge in [-0.3, -0.25) is 4.79 Å². The van der Waals surface area contributed by atoms with Crippen LogP contribution < -0.4 is 14.8 Å². The molecule has 1 amide bonds. The molecular formula is C14H19NO3S. The van der Waals surface area contributed by atoms with Crippen LogP contribution in [0.2, 0.25) is 0 Å². The van der Waals surface area contributed by atoms with Crippen molar-refractivity contribution < 1.29 is 14.3 Å². The number of hydrogen-bond donors (Lipinski definition) is 1. The van der Waals surface area contributed by atoms with E-state index in [2.05, 4.69) is 18.3 Å². The van der Waals surface area contributed by atoms with Crippen molar-refractivity contribution >= 4 is 17.7 Å². The fourth-order valence-corrected chi connectivity index (χ4v) is 3.21. The molecule has 1 heterocycles. The van der Waals surface area contributed by atoms with E-state index in [-0.39, 0.29) is 5.91 Å². The molecule has 5 heteroatoms. The van der Waals surface area contributed by atoms with Gasteiger partial charge in [0.05, 0.1) is 5.75 Å². The van der Waals surface area contributed by atoms with Crippen LogP contribution in [0.15, 0.2) is 18.2 Å². The second kappa shape index (κ2) is 6.70. The van der Waals surface area contributed by atoms with Crippen LogP contribution in [0.3, 0.4) is 0 Å². The molecule has 0 saturated heterocycles. The molecule has 1 aromatic rings. The number of benzene rings is 1. The Morgan fingerprint density at radius 3 is 2.95 bits per heavy atom. The molecule has 0 saturated carbocycles. The number of ether oxygens (including phenoxy) is 2. The number of rotatable bonds is 6. The number of amides is 1. The van der Waals surface area contributed by atoms with Crippen molar-refractivity contribution in [2.75, 3.05) is 19.6 Å². The molecule has 19 heavy (non-hydrogen) atoms. The average molecular weight is 281 g/mol. The lowest BCUT2D eigenvalue weighted by Gasteiger charge is -2.16. The van der Waals surface area contributed by atoms with Gasteiger partial charge in [-0.05, 0) is 24.1 Å². The summed E-state index contributed by atoms with van der Waals surface area (Å²) in [5.41, 5.74) is 1.19. The van der Waals surface area contributed by atoms with E-state index in [1.807, 2.05) is 12.1 Å². The molecule has 4 nitrogen and oxygen atoms in total. The molecule has 1 aliphatic heterocycles. The van der Waals surface area contributed by atoms with Gasteiger partial charge >= 0.3 is 0 Å². The van der Waals surface area contributed by atoms with Crippen molar-refractivity contribution in [1.29, 1.82) is 0 Å². The number of nitrogens with one attached hydrogen (secondary N) is 1. The van der Waals surface area contributed by atoms with Crippen LogP contribution in [0.25, 0.3) is 0 Å². The largest absolute Gasteiger partial charge is 0.454 e. The van der Waals surface area contributed by atoms with Crippen LogP contribution in [0.5, 0.6) is 11.5 Å². The van der Waals surface area contributed by atoms with E-state index in [1.165, 1.54) is 5.56 Å². The zero-order valence-corrected chi connectivity index (χ0v) is 12.1. The highest BCUT2D eigenvalue weighted by molar-refractivity contribution is 8.00. The summed E-state index contributed by atoms with van der Waals surface area (Å²) in [7, 11) is 1.66. The van der Waals surface area contributed by atoms with Gasteiger partial charge in [0.2, 0.25) is 12.7 Å². The minimum Gasteiger partial charge on any atom is -0.454 e. The normalized spacial score (nSPS) is 14.2. The highest BCUT2D eigenvalue weighted by atomic mass is 32.2. The van der Waals surface area contributed by atoms with Gasteiger partial charge < -0.3 is 14.8 Å². The fraction of sp³-hybridized carbons (Fsp3) is 0.500. The summed E-state index contributed by atoms with van der Waals surface area (Å²) in [6, 6.07) is 6.03. The second-order valence-corrected chi connectivity index (χ2v) is 5.57. The van der Waals surface area contributed by atoms with Crippen LogP contribution >= 0.6 is 11.8 Å². The summed E-state index contributed by atoms with van der Waals surface area (Å²) in [5, 5.41) is 2.97. The van der Waals surface area contributed by atoms with Gasteiger partial charge in [0.25, 0.3) is 0 Å². The Morgan fingerprint density at radius 1 is 1.42 bits per heavy atom. The molecule has 1 aromatic carbocycles. The Labute approximate surface area is 117 Å². The Kier molecular flexibility index (Phi) is 4.96. The van der Waals surface area contributed by atoms with E-state index in [1.54, 1.807) is 18.8 Å². The Bertz CT molecular complexity index is 450. The molecule has 0 spiro atoms. The van der Waals surface area contributed by atoms with Gasteiger partial charge in [-0.25, -0.2) is 0 Å². The topological polar surface area (TPSA) is 47.6 Å². The third-order valence-corrected chi connectivity index (χ3v) is 4.35. The SMILES string of the molecule is CCCC(SCC(=O)NC)c1ccc2c(c1)OCO2. The summed E-state index contributed by atoms with van der Waals surface area (Å²) in [6.07, 6.45) is 2.13. The van der Waals surface area contributed by atoms with E-state index in [0.717, 1.165) is 24.3 Å². The molecule has 0 bridgehead atoms. The summed E-state index contributed by atoms with van der Waals surface area (Å²) in [6.45, 7) is 2.45. The van der Waals surface area contributed by atoms with Gasteiger partial charge in [-0.15, -0.1) is 11.8 Å². The van der Waals surface area contributed by atoms with Crippen LogP contribution in [-0.2, 0) is 4.79 Å². The van der Waals surface area contributed by atoms with Crippen molar-refractivity contribution in [2.24, 2.45) is 0 Å². The lowest BCUT2D eigenvalue weighted by atomic mass is 10.1. The molecule has 0 aromatic heterocycles. The smallest absolute Gasteiger partial charge is 0.231 e. The van der Waals surface area contributed by atoms with E-state index in [0.29, 0.717) is 17.8 Å². The summed E-state index contributed by atoms with van der Waals surface area (Å²) < 4.78 is 10.7. The number of carbonyl (C=O) groups is 1. The Morgan fingerprint density at radius 2 is 2.21 bits per heavy atom. The highest BCUT2D eigenvalue weighted by Gasteiger charge is 2.18. The first kappa shape index (κ1) is 14.1. The minimum atomic E-state index is 0.0619. The molecule has 1 aliphatic rings. The minimum absolute atomic E-state index is 0.0619. The van der Waals surface area contributed by atoms with Gasteiger partial charge in [0, 0.05) is 12.3 Å². The predicted octanol–water partition coefficient (Wildman–Crippen LogP) is 2.74. The lowest BCUT2D eigenvalue weighted by Crippen LogP contribution is -2.20. The van der Waals surface area contributed by atoms with Crippen LogP contribution in [-0.4, -0.2) is 25.5 Å². The summed E-state index contributed by atoms with van der Waals surface area (Å²) in [4.78, 5) is 11.4. The van der Waals surface area contributed by atoms with Gasteiger partial charge in [-0.1, -0.05) is 19.4 Å². The molecule has 0 radical (unpaired) electrons. The Hall–Kier alpha value is -1.36. The fourth-order valence-electron chi connectivity index (χ4n) is 1.97. The maximum Gasteiger partial charge on any atom is 0.231 e. The number of carbonyl (C=O) groups excluding carboxylic acids is 1.